The molecule has 0 spiro atoms. The first kappa shape index (κ1) is 14.8. The Balaban J connectivity index is 1.65. The Kier molecular flexibility index (Phi) is 3.52. The summed E-state index contributed by atoms with van der Waals surface area (Å²) in [5.41, 5.74) is 2.74. The Morgan fingerprint density at radius 3 is 2.75 bits per heavy atom. The largest absolute Gasteiger partial charge is 0.331 e. The maximum absolute atomic E-state index is 12.9. The maximum Gasteiger partial charge on any atom is 0.269 e. The predicted octanol–water partition coefficient (Wildman–Crippen LogP) is 3.14. The van der Waals surface area contributed by atoms with Gasteiger partial charge in [-0.1, -0.05) is 6.07 Å². The van der Waals surface area contributed by atoms with Gasteiger partial charge in [0.15, 0.2) is 0 Å². The van der Waals surface area contributed by atoms with E-state index in [1.807, 2.05) is 11.0 Å². The first-order valence-electron chi connectivity index (χ1n) is 8.14. The van der Waals surface area contributed by atoms with Crippen LogP contribution in [0.2, 0.25) is 0 Å². The third-order valence-corrected chi connectivity index (χ3v) is 5.11. The second-order valence-corrected chi connectivity index (χ2v) is 6.37. The number of aromatic nitrogens is 1. The first-order valence-corrected chi connectivity index (χ1v) is 8.14. The van der Waals surface area contributed by atoms with Crippen molar-refractivity contribution in [2.24, 2.45) is 5.92 Å². The number of aryl methyl sites for hydroxylation is 1. The average molecular weight is 323 g/mol. The molecule has 0 N–H and O–H groups in total. The predicted molar refractivity (Wildman–Crippen MR) is 87.5 cm³/mol. The van der Waals surface area contributed by atoms with Gasteiger partial charge in [0.05, 0.1) is 11.0 Å². The van der Waals surface area contributed by atoms with Crippen molar-refractivity contribution in [1.82, 2.24) is 9.88 Å². The number of pyridine rings is 1. The van der Waals surface area contributed by atoms with Crippen molar-refractivity contribution in [1.29, 1.82) is 0 Å². The number of amides is 1. The number of hydrogen-bond donors (Lipinski definition) is 0. The second kappa shape index (κ2) is 5.70. The summed E-state index contributed by atoms with van der Waals surface area (Å²) in [5.74, 6) is 0.415. The Morgan fingerprint density at radius 1 is 1.21 bits per heavy atom. The van der Waals surface area contributed by atoms with Crippen molar-refractivity contribution < 1.29 is 9.72 Å². The average Bonchev–Trinajstić information content (AvgIpc) is 3.05. The van der Waals surface area contributed by atoms with Gasteiger partial charge < -0.3 is 4.90 Å². The fraction of sp³-hybridized carbons (Fsp3) is 0.333. The normalized spacial score (nSPS) is 21.9. The maximum atomic E-state index is 12.9. The third kappa shape index (κ3) is 2.35. The van der Waals surface area contributed by atoms with Gasteiger partial charge in [0, 0.05) is 36.1 Å². The van der Waals surface area contributed by atoms with Gasteiger partial charge in [-0.2, -0.15) is 0 Å². The van der Waals surface area contributed by atoms with E-state index in [2.05, 4.69) is 11.1 Å². The Labute approximate surface area is 139 Å². The molecule has 24 heavy (non-hydrogen) atoms. The summed E-state index contributed by atoms with van der Waals surface area (Å²) < 4.78 is 0. The van der Waals surface area contributed by atoms with Gasteiger partial charge in [-0.3, -0.25) is 19.9 Å². The van der Waals surface area contributed by atoms with E-state index in [-0.39, 0.29) is 17.6 Å². The topological polar surface area (TPSA) is 76.3 Å². The summed E-state index contributed by atoms with van der Waals surface area (Å²) >= 11 is 0. The summed E-state index contributed by atoms with van der Waals surface area (Å²) in [6.07, 6.45) is 4.82. The Morgan fingerprint density at radius 2 is 2.00 bits per heavy atom. The molecule has 2 heterocycles. The highest BCUT2D eigenvalue weighted by Crippen LogP contribution is 2.44. The zero-order valence-corrected chi connectivity index (χ0v) is 13.1. The molecule has 2 aromatic rings. The highest BCUT2D eigenvalue weighted by Gasteiger charge is 2.41. The number of carbonyl (C=O) groups excluding carboxylic acids is 1. The quantitative estimate of drug-likeness (QED) is 0.628. The van der Waals surface area contributed by atoms with Crippen molar-refractivity contribution in [3.63, 3.8) is 0 Å². The number of nitrogens with zero attached hydrogens (tertiary/aromatic N) is 3. The molecule has 1 saturated heterocycles. The van der Waals surface area contributed by atoms with E-state index in [0.717, 1.165) is 37.1 Å². The molecule has 1 amide bonds. The molecule has 0 radical (unpaired) electrons. The number of nitro groups is 1. The number of non-ortho nitro benzene ring substituents is 1. The lowest BCUT2D eigenvalue weighted by molar-refractivity contribution is -0.384. The summed E-state index contributed by atoms with van der Waals surface area (Å²) in [6, 6.07) is 9.93. The van der Waals surface area contributed by atoms with E-state index >= 15 is 0 Å². The van der Waals surface area contributed by atoms with Crippen LogP contribution in [0.3, 0.4) is 0 Å². The molecule has 122 valence electrons. The molecule has 1 aromatic carbocycles. The number of likely N-dealkylation sites (tertiary alicyclic amines) is 1. The summed E-state index contributed by atoms with van der Waals surface area (Å²) in [6.45, 7) is 0.722. The van der Waals surface area contributed by atoms with E-state index in [0.29, 0.717) is 11.5 Å². The van der Waals surface area contributed by atoms with Crippen LogP contribution in [0.5, 0.6) is 0 Å². The van der Waals surface area contributed by atoms with Crippen molar-refractivity contribution in [3.05, 3.63) is 69.5 Å². The zero-order valence-electron chi connectivity index (χ0n) is 13.1. The molecule has 1 aromatic heterocycles. The van der Waals surface area contributed by atoms with Gasteiger partial charge >= 0.3 is 0 Å². The van der Waals surface area contributed by atoms with E-state index in [1.165, 1.54) is 12.1 Å². The van der Waals surface area contributed by atoms with Crippen LogP contribution in [0.1, 0.15) is 40.5 Å². The number of benzene rings is 1. The molecule has 0 unspecified atom stereocenters. The minimum atomic E-state index is -0.455. The Hall–Kier alpha value is -2.76. The van der Waals surface area contributed by atoms with Crippen molar-refractivity contribution in [2.75, 3.05) is 6.54 Å². The summed E-state index contributed by atoms with van der Waals surface area (Å²) in [4.78, 5) is 29.6. The summed E-state index contributed by atoms with van der Waals surface area (Å²) in [7, 11) is 0. The van der Waals surface area contributed by atoms with Gasteiger partial charge in [0.25, 0.3) is 11.6 Å². The number of hydrogen-bond acceptors (Lipinski definition) is 4. The molecule has 0 bridgehead atoms. The van der Waals surface area contributed by atoms with Crippen LogP contribution in [-0.2, 0) is 6.42 Å². The molecular weight excluding hydrogens is 306 g/mol. The minimum absolute atomic E-state index is 0.00180. The van der Waals surface area contributed by atoms with Gasteiger partial charge in [-0.25, -0.2) is 0 Å². The molecule has 1 aliphatic carbocycles. The lowest BCUT2D eigenvalue weighted by Gasteiger charge is -2.33. The first-order chi connectivity index (χ1) is 11.6. The van der Waals surface area contributed by atoms with Crippen LogP contribution in [0, 0.1) is 16.0 Å². The van der Waals surface area contributed by atoms with Crippen LogP contribution in [0.25, 0.3) is 0 Å². The van der Waals surface area contributed by atoms with Crippen LogP contribution in [-0.4, -0.2) is 27.3 Å². The minimum Gasteiger partial charge on any atom is -0.331 e. The van der Waals surface area contributed by atoms with Gasteiger partial charge in [0.1, 0.15) is 0 Å². The smallest absolute Gasteiger partial charge is 0.269 e. The molecular formula is C18H17N3O3. The third-order valence-electron chi connectivity index (χ3n) is 5.11. The van der Waals surface area contributed by atoms with Crippen LogP contribution < -0.4 is 0 Å². The SMILES string of the molecule is O=C(c1ccc([N+](=O)[O-])cc1)N1CC[C@H]2CCc3ncccc3[C@H]21. The molecule has 4 rings (SSSR count). The van der Waals surface area contributed by atoms with E-state index in [9.17, 15) is 14.9 Å². The van der Waals surface area contributed by atoms with Gasteiger partial charge in [0.2, 0.25) is 0 Å². The van der Waals surface area contributed by atoms with Gasteiger partial charge in [-0.15, -0.1) is 0 Å². The highest BCUT2D eigenvalue weighted by atomic mass is 16.6. The second-order valence-electron chi connectivity index (χ2n) is 6.37. The fourth-order valence-corrected chi connectivity index (χ4v) is 3.95. The lowest BCUT2D eigenvalue weighted by atomic mass is 9.82. The molecule has 6 heteroatoms. The molecule has 2 aliphatic rings. The van der Waals surface area contributed by atoms with Crippen LogP contribution >= 0.6 is 0 Å². The number of carbonyl (C=O) groups is 1. The van der Waals surface area contributed by atoms with Crippen molar-refractivity contribution >= 4 is 11.6 Å². The van der Waals surface area contributed by atoms with Crippen molar-refractivity contribution in [2.45, 2.75) is 25.3 Å². The zero-order chi connectivity index (χ0) is 16.7. The number of rotatable bonds is 2. The molecule has 1 aliphatic heterocycles. The fourth-order valence-electron chi connectivity index (χ4n) is 3.95. The Bertz CT molecular complexity index is 803. The van der Waals surface area contributed by atoms with Gasteiger partial charge in [-0.05, 0) is 48.9 Å². The molecule has 2 atom stereocenters. The van der Waals surface area contributed by atoms with Crippen molar-refractivity contribution in [3.8, 4) is 0 Å². The van der Waals surface area contributed by atoms with E-state index in [1.54, 1.807) is 18.3 Å². The molecule has 0 saturated carbocycles. The molecule has 6 nitrogen and oxygen atoms in total. The monoisotopic (exact) mass is 323 g/mol. The van der Waals surface area contributed by atoms with Crippen LogP contribution in [0.15, 0.2) is 42.6 Å². The standard InChI is InChI=1S/C18H17N3O3/c22-18(13-3-6-14(7-4-13)21(23)24)20-11-9-12-5-8-16-15(17(12)20)2-1-10-19-16/h1-4,6-7,10,12,17H,5,8-9,11H2/t12-,17+/m1/s1. The molecule has 1 fully saturated rings. The lowest BCUT2D eigenvalue weighted by Crippen LogP contribution is -2.34. The number of nitro benzene ring substituents is 1. The number of fused-ring (bicyclic) bond motifs is 3. The highest BCUT2D eigenvalue weighted by molar-refractivity contribution is 5.95. The van der Waals surface area contributed by atoms with E-state index in [4.69, 9.17) is 0 Å². The van der Waals surface area contributed by atoms with Crippen LogP contribution in [0.4, 0.5) is 5.69 Å². The van der Waals surface area contributed by atoms with E-state index < -0.39 is 4.92 Å². The summed E-state index contributed by atoms with van der Waals surface area (Å²) in [5, 5.41) is 10.8.